The van der Waals surface area contributed by atoms with Gasteiger partial charge in [0.1, 0.15) is 0 Å². The molecule has 2 aromatic rings. The van der Waals surface area contributed by atoms with E-state index in [2.05, 4.69) is 15.5 Å². The van der Waals surface area contributed by atoms with E-state index in [4.69, 9.17) is 4.52 Å². The predicted octanol–water partition coefficient (Wildman–Crippen LogP) is 2.25. The molecule has 22 heavy (non-hydrogen) atoms. The van der Waals surface area contributed by atoms with Crippen LogP contribution in [0.1, 0.15) is 32.6 Å². The molecule has 0 fully saturated rings. The number of rotatable bonds is 8. The number of aliphatic hydroxyl groups is 1. The first-order chi connectivity index (χ1) is 10.6. The van der Waals surface area contributed by atoms with Gasteiger partial charge in [-0.1, -0.05) is 19.0 Å². The van der Waals surface area contributed by atoms with Crippen LogP contribution in [-0.2, 0) is 11.2 Å². The van der Waals surface area contributed by atoms with Gasteiger partial charge in [-0.3, -0.25) is 4.79 Å². The van der Waals surface area contributed by atoms with Crippen molar-refractivity contribution < 1.29 is 14.4 Å². The molecule has 7 heteroatoms. The van der Waals surface area contributed by atoms with Crippen LogP contribution in [0.25, 0.3) is 11.4 Å². The molecule has 0 aliphatic carbocycles. The summed E-state index contributed by atoms with van der Waals surface area (Å²) in [4.78, 5) is 16.0. The summed E-state index contributed by atoms with van der Waals surface area (Å²) in [6.07, 6.45) is 0.884. The second-order valence-electron chi connectivity index (χ2n) is 5.47. The summed E-state index contributed by atoms with van der Waals surface area (Å²) in [5, 5.41) is 20.2. The molecule has 0 radical (unpaired) electrons. The van der Waals surface area contributed by atoms with Gasteiger partial charge in [0.25, 0.3) is 0 Å². The monoisotopic (exact) mass is 323 g/mol. The zero-order chi connectivity index (χ0) is 15.9. The Hall–Kier alpha value is -1.73. The van der Waals surface area contributed by atoms with Crippen molar-refractivity contribution in [3.63, 3.8) is 0 Å². The molecule has 120 valence electrons. The van der Waals surface area contributed by atoms with E-state index in [1.807, 2.05) is 30.7 Å². The Balaban J connectivity index is 1.70. The first kappa shape index (κ1) is 16.6. The zero-order valence-corrected chi connectivity index (χ0v) is 13.6. The molecule has 0 spiro atoms. The maximum Gasteiger partial charge on any atom is 0.227 e. The van der Waals surface area contributed by atoms with Crippen molar-refractivity contribution in [2.24, 2.45) is 5.92 Å². The predicted molar refractivity (Wildman–Crippen MR) is 84.4 cm³/mol. The van der Waals surface area contributed by atoms with Crippen molar-refractivity contribution in [1.29, 1.82) is 0 Å². The summed E-state index contributed by atoms with van der Waals surface area (Å²) in [6.45, 7) is 4.38. The average molecular weight is 323 g/mol. The van der Waals surface area contributed by atoms with E-state index in [1.165, 1.54) is 0 Å². The number of hydrogen-bond donors (Lipinski definition) is 2. The highest BCUT2D eigenvalue weighted by atomic mass is 32.1. The van der Waals surface area contributed by atoms with Gasteiger partial charge in [0, 0.05) is 30.3 Å². The fraction of sp³-hybridized carbons (Fsp3) is 0.533. The SMILES string of the molecule is CC(C)C(O)CCNC(=O)CCc1nc(-c2ccsc2)no1. The van der Waals surface area contributed by atoms with Crippen LogP contribution in [0.15, 0.2) is 21.3 Å². The number of thiophene rings is 1. The largest absolute Gasteiger partial charge is 0.393 e. The van der Waals surface area contributed by atoms with E-state index >= 15 is 0 Å². The highest BCUT2D eigenvalue weighted by molar-refractivity contribution is 7.08. The molecule has 2 rings (SSSR count). The van der Waals surface area contributed by atoms with Crippen molar-refractivity contribution >= 4 is 17.2 Å². The maximum absolute atomic E-state index is 11.7. The summed E-state index contributed by atoms with van der Waals surface area (Å²) >= 11 is 1.57. The second kappa shape index (κ2) is 8.05. The Bertz CT molecular complexity index is 581. The van der Waals surface area contributed by atoms with Gasteiger partial charge in [0.05, 0.1) is 6.10 Å². The number of carbonyl (C=O) groups excluding carboxylic acids is 1. The van der Waals surface area contributed by atoms with Crippen LogP contribution in [0.4, 0.5) is 0 Å². The number of aliphatic hydroxyl groups excluding tert-OH is 1. The minimum Gasteiger partial charge on any atom is -0.393 e. The normalized spacial score (nSPS) is 12.5. The van der Waals surface area contributed by atoms with Crippen LogP contribution in [0.5, 0.6) is 0 Å². The standard InChI is InChI=1S/C15H21N3O3S/c1-10(2)12(19)5-7-16-13(20)3-4-14-17-15(18-21-14)11-6-8-22-9-11/h6,8-10,12,19H,3-5,7H2,1-2H3,(H,16,20). The van der Waals surface area contributed by atoms with Gasteiger partial charge in [-0.2, -0.15) is 16.3 Å². The van der Waals surface area contributed by atoms with E-state index in [1.54, 1.807) is 11.3 Å². The Morgan fingerprint density at radius 2 is 2.32 bits per heavy atom. The third-order valence-corrected chi connectivity index (χ3v) is 4.03. The molecule has 1 atom stereocenters. The van der Waals surface area contributed by atoms with Gasteiger partial charge in [0.2, 0.25) is 17.6 Å². The molecular weight excluding hydrogens is 302 g/mol. The number of carbonyl (C=O) groups is 1. The first-order valence-corrected chi connectivity index (χ1v) is 8.30. The molecule has 2 N–H and O–H groups in total. The van der Waals surface area contributed by atoms with Crippen LogP contribution in [0.2, 0.25) is 0 Å². The maximum atomic E-state index is 11.7. The number of aromatic nitrogens is 2. The van der Waals surface area contributed by atoms with Gasteiger partial charge < -0.3 is 14.9 Å². The molecule has 0 aliphatic rings. The van der Waals surface area contributed by atoms with Crippen molar-refractivity contribution in [2.45, 2.75) is 39.2 Å². The lowest BCUT2D eigenvalue weighted by atomic mass is 10.0. The molecule has 1 amide bonds. The molecule has 2 heterocycles. The number of aryl methyl sites for hydroxylation is 1. The third kappa shape index (κ3) is 4.92. The lowest BCUT2D eigenvalue weighted by Gasteiger charge is -2.14. The fourth-order valence-electron chi connectivity index (χ4n) is 1.87. The van der Waals surface area contributed by atoms with Gasteiger partial charge in [-0.05, 0) is 23.8 Å². The number of hydrogen-bond acceptors (Lipinski definition) is 6. The topological polar surface area (TPSA) is 88.2 Å². The van der Waals surface area contributed by atoms with Crippen LogP contribution < -0.4 is 5.32 Å². The lowest BCUT2D eigenvalue weighted by Crippen LogP contribution is -2.28. The molecule has 1 unspecified atom stereocenters. The summed E-state index contributed by atoms with van der Waals surface area (Å²) in [7, 11) is 0. The number of nitrogens with zero attached hydrogens (tertiary/aromatic N) is 2. The Morgan fingerprint density at radius 1 is 1.50 bits per heavy atom. The van der Waals surface area contributed by atoms with E-state index in [0.717, 1.165) is 5.56 Å². The van der Waals surface area contributed by atoms with Crippen molar-refractivity contribution in [3.8, 4) is 11.4 Å². The quantitative estimate of drug-likeness (QED) is 0.778. The smallest absolute Gasteiger partial charge is 0.227 e. The van der Waals surface area contributed by atoms with Crippen molar-refractivity contribution in [3.05, 3.63) is 22.7 Å². The highest BCUT2D eigenvalue weighted by Gasteiger charge is 2.12. The Labute approximate surface area is 133 Å². The molecule has 2 aromatic heterocycles. The second-order valence-corrected chi connectivity index (χ2v) is 6.25. The zero-order valence-electron chi connectivity index (χ0n) is 12.8. The van der Waals surface area contributed by atoms with Crippen molar-refractivity contribution in [1.82, 2.24) is 15.5 Å². The molecule has 6 nitrogen and oxygen atoms in total. The van der Waals surface area contributed by atoms with Gasteiger partial charge in [-0.15, -0.1) is 0 Å². The molecular formula is C15H21N3O3S. The molecule has 0 bridgehead atoms. The highest BCUT2D eigenvalue weighted by Crippen LogP contribution is 2.18. The van der Waals surface area contributed by atoms with Gasteiger partial charge in [-0.25, -0.2) is 0 Å². The number of amides is 1. The van der Waals surface area contributed by atoms with E-state index < -0.39 is 0 Å². The first-order valence-electron chi connectivity index (χ1n) is 7.36. The minimum atomic E-state index is -0.385. The molecule has 0 saturated heterocycles. The summed E-state index contributed by atoms with van der Waals surface area (Å²) in [5.41, 5.74) is 0.923. The summed E-state index contributed by atoms with van der Waals surface area (Å²) < 4.78 is 5.14. The van der Waals surface area contributed by atoms with E-state index in [9.17, 15) is 9.90 Å². The van der Waals surface area contributed by atoms with E-state index in [-0.39, 0.29) is 17.9 Å². The van der Waals surface area contributed by atoms with Crippen LogP contribution in [0, 0.1) is 5.92 Å². The number of nitrogens with one attached hydrogen (secondary N) is 1. The van der Waals surface area contributed by atoms with Gasteiger partial charge in [0.15, 0.2) is 0 Å². The van der Waals surface area contributed by atoms with Crippen LogP contribution in [-0.4, -0.2) is 33.8 Å². The van der Waals surface area contributed by atoms with E-state index in [0.29, 0.717) is 37.5 Å². The third-order valence-electron chi connectivity index (χ3n) is 3.35. The molecule has 0 aliphatic heterocycles. The minimum absolute atomic E-state index is 0.0776. The molecule has 0 saturated carbocycles. The summed E-state index contributed by atoms with van der Waals surface area (Å²) in [6, 6.07) is 1.92. The van der Waals surface area contributed by atoms with Gasteiger partial charge >= 0.3 is 0 Å². The van der Waals surface area contributed by atoms with Crippen LogP contribution >= 0.6 is 11.3 Å². The lowest BCUT2D eigenvalue weighted by molar-refractivity contribution is -0.121. The Morgan fingerprint density at radius 3 is 3.00 bits per heavy atom. The Kier molecular flexibility index (Phi) is 6.09. The van der Waals surface area contributed by atoms with Crippen LogP contribution in [0.3, 0.4) is 0 Å². The fourth-order valence-corrected chi connectivity index (χ4v) is 2.50. The molecule has 0 aromatic carbocycles. The van der Waals surface area contributed by atoms with Crippen molar-refractivity contribution in [2.75, 3.05) is 6.54 Å². The summed E-state index contributed by atoms with van der Waals surface area (Å²) in [5.74, 6) is 1.13. The average Bonchev–Trinajstić information content (AvgIpc) is 3.15.